The van der Waals surface area contributed by atoms with Gasteiger partial charge in [-0.3, -0.25) is 14.5 Å². The minimum absolute atomic E-state index is 0.172. The Morgan fingerprint density at radius 2 is 1.38 bits per heavy atom. The zero-order valence-electron chi connectivity index (χ0n) is 13.6. The second-order valence-corrected chi connectivity index (χ2v) is 5.94. The number of rotatable bonds is 12. The largest absolute Gasteiger partial charge is 0.306 e. The van der Waals surface area contributed by atoms with Crippen molar-refractivity contribution in [1.82, 2.24) is 9.80 Å². The lowest BCUT2D eigenvalue weighted by Gasteiger charge is -2.19. The molecule has 1 heterocycles. The Morgan fingerprint density at radius 3 is 2.00 bits per heavy atom. The fourth-order valence-electron chi connectivity index (χ4n) is 2.60. The SMILES string of the molecule is CCCCCCCCCN(C)CCCN1C(=O)C=CC1=O. The molecule has 0 atom stereocenters. The highest BCUT2D eigenvalue weighted by molar-refractivity contribution is 6.12. The summed E-state index contributed by atoms with van der Waals surface area (Å²) in [4.78, 5) is 26.4. The van der Waals surface area contributed by atoms with Crippen LogP contribution in [0.25, 0.3) is 0 Å². The van der Waals surface area contributed by atoms with E-state index in [-0.39, 0.29) is 11.8 Å². The average Bonchev–Trinajstić information content (AvgIpc) is 2.78. The molecule has 120 valence electrons. The van der Waals surface area contributed by atoms with Crippen molar-refractivity contribution >= 4 is 11.8 Å². The standard InChI is InChI=1S/C17H30N2O2/c1-3-4-5-6-7-8-9-13-18(2)14-10-15-19-16(20)11-12-17(19)21/h11-12H,3-10,13-15H2,1-2H3. The second kappa shape index (κ2) is 10.6. The molecule has 0 radical (unpaired) electrons. The molecule has 4 heteroatoms. The Labute approximate surface area is 129 Å². The highest BCUT2D eigenvalue weighted by Crippen LogP contribution is 2.08. The van der Waals surface area contributed by atoms with Gasteiger partial charge in [0, 0.05) is 18.7 Å². The maximum Gasteiger partial charge on any atom is 0.253 e. The summed E-state index contributed by atoms with van der Waals surface area (Å²) in [6, 6.07) is 0. The van der Waals surface area contributed by atoms with Crippen molar-refractivity contribution < 1.29 is 9.59 Å². The van der Waals surface area contributed by atoms with Crippen LogP contribution < -0.4 is 0 Å². The van der Waals surface area contributed by atoms with E-state index in [0.29, 0.717) is 6.54 Å². The molecule has 0 unspecified atom stereocenters. The monoisotopic (exact) mass is 294 g/mol. The van der Waals surface area contributed by atoms with Crippen molar-refractivity contribution in [2.45, 2.75) is 58.3 Å². The van der Waals surface area contributed by atoms with E-state index >= 15 is 0 Å². The molecule has 0 aliphatic carbocycles. The van der Waals surface area contributed by atoms with Crippen molar-refractivity contribution in [2.75, 3.05) is 26.7 Å². The third-order valence-electron chi connectivity index (χ3n) is 3.97. The van der Waals surface area contributed by atoms with Crippen LogP contribution >= 0.6 is 0 Å². The Balaban J connectivity index is 1.95. The van der Waals surface area contributed by atoms with Gasteiger partial charge in [0.1, 0.15) is 0 Å². The summed E-state index contributed by atoms with van der Waals surface area (Å²) in [7, 11) is 2.11. The third-order valence-corrected chi connectivity index (χ3v) is 3.97. The van der Waals surface area contributed by atoms with Gasteiger partial charge in [0.25, 0.3) is 11.8 Å². The molecule has 0 aromatic rings. The van der Waals surface area contributed by atoms with Crippen molar-refractivity contribution in [1.29, 1.82) is 0 Å². The van der Waals surface area contributed by atoms with Gasteiger partial charge in [-0.1, -0.05) is 45.4 Å². The minimum atomic E-state index is -0.172. The quantitative estimate of drug-likeness (QED) is 0.410. The fourth-order valence-corrected chi connectivity index (χ4v) is 2.60. The molecule has 0 saturated carbocycles. The molecule has 1 rings (SSSR count). The van der Waals surface area contributed by atoms with Gasteiger partial charge in [0.05, 0.1) is 0 Å². The molecule has 4 nitrogen and oxygen atoms in total. The van der Waals surface area contributed by atoms with Crippen LogP contribution in [0.4, 0.5) is 0 Å². The topological polar surface area (TPSA) is 40.6 Å². The first kappa shape index (κ1) is 17.9. The second-order valence-electron chi connectivity index (χ2n) is 5.94. The van der Waals surface area contributed by atoms with Crippen molar-refractivity contribution in [3.63, 3.8) is 0 Å². The van der Waals surface area contributed by atoms with Gasteiger partial charge >= 0.3 is 0 Å². The predicted octanol–water partition coefficient (Wildman–Crippen LogP) is 2.98. The molecule has 0 fully saturated rings. The molecule has 0 saturated heterocycles. The van der Waals surface area contributed by atoms with Crippen molar-refractivity contribution in [3.8, 4) is 0 Å². The average molecular weight is 294 g/mol. The van der Waals surface area contributed by atoms with E-state index in [2.05, 4.69) is 18.9 Å². The summed E-state index contributed by atoms with van der Waals surface area (Å²) < 4.78 is 0. The first-order chi connectivity index (χ1) is 10.1. The number of imide groups is 1. The Bertz CT molecular complexity index is 335. The van der Waals surface area contributed by atoms with Gasteiger partial charge in [-0.25, -0.2) is 0 Å². The van der Waals surface area contributed by atoms with Crippen LogP contribution in [0, 0.1) is 0 Å². The van der Waals surface area contributed by atoms with Gasteiger partial charge in [-0.15, -0.1) is 0 Å². The van der Waals surface area contributed by atoms with Crippen LogP contribution in [-0.2, 0) is 9.59 Å². The molecule has 0 aromatic carbocycles. The van der Waals surface area contributed by atoms with Crippen LogP contribution in [0.2, 0.25) is 0 Å². The van der Waals surface area contributed by atoms with Crippen LogP contribution in [0.5, 0.6) is 0 Å². The number of amides is 2. The summed E-state index contributed by atoms with van der Waals surface area (Å²) in [6.45, 7) is 4.82. The summed E-state index contributed by atoms with van der Waals surface area (Å²) in [5, 5.41) is 0. The van der Waals surface area contributed by atoms with E-state index in [0.717, 1.165) is 19.5 Å². The Kier molecular flexibility index (Phi) is 8.99. The molecular formula is C17H30N2O2. The number of hydrogen-bond acceptors (Lipinski definition) is 3. The zero-order valence-corrected chi connectivity index (χ0v) is 13.6. The number of hydrogen-bond donors (Lipinski definition) is 0. The summed E-state index contributed by atoms with van der Waals surface area (Å²) in [5.74, 6) is -0.343. The Morgan fingerprint density at radius 1 is 0.857 bits per heavy atom. The highest BCUT2D eigenvalue weighted by Gasteiger charge is 2.22. The number of carbonyl (C=O) groups is 2. The van der Waals surface area contributed by atoms with Gasteiger partial charge in [0.2, 0.25) is 0 Å². The molecule has 0 spiro atoms. The Hall–Kier alpha value is -1.16. The molecule has 0 aromatic heterocycles. The van der Waals surface area contributed by atoms with Crippen molar-refractivity contribution in [2.24, 2.45) is 0 Å². The predicted molar refractivity (Wildman–Crippen MR) is 86.0 cm³/mol. The smallest absolute Gasteiger partial charge is 0.253 e. The van der Waals surface area contributed by atoms with E-state index < -0.39 is 0 Å². The minimum Gasteiger partial charge on any atom is -0.306 e. The van der Waals surface area contributed by atoms with Gasteiger partial charge in [-0.2, -0.15) is 0 Å². The summed E-state index contributed by atoms with van der Waals surface area (Å²) in [5.41, 5.74) is 0. The lowest BCUT2D eigenvalue weighted by molar-refractivity contribution is -0.136. The lowest BCUT2D eigenvalue weighted by Crippen LogP contribution is -2.33. The fraction of sp³-hybridized carbons (Fsp3) is 0.765. The molecule has 0 bridgehead atoms. The number of carbonyl (C=O) groups excluding carboxylic acids is 2. The van der Waals surface area contributed by atoms with Crippen LogP contribution in [0.3, 0.4) is 0 Å². The maximum atomic E-state index is 11.4. The molecule has 1 aliphatic rings. The molecule has 21 heavy (non-hydrogen) atoms. The normalized spacial score (nSPS) is 14.7. The molecular weight excluding hydrogens is 264 g/mol. The molecule has 2 amide bonds. The van der Waals surface area contributed by atoms with Crippen LogP contribution in [0.1, 0.15) is 58.3 Å². The molecule has 1 aliphatic heterocycles. The van der Waals surface area contributed by atoms with Crippen LogP contribution in [-0.4, -0.2) is 48.3 Å². The van der Waals surface area contributed by atoms with E-state index in [9.17, 15) is 9.59 Å². The number of unbranched alkanes of at least 4 members (excludes halogenated alkanes) is 6. The third kappa shape index (κ3) is 7.42. The van der Waals surface area contributed by atoms with E-state index in [1.807, 2.05) is 0 Å². The summed E-state index contributed by atoms with van der Waals surface area (Å²) in [6.07, 6.45) is 12.9. The zero-order chi connectivity index (χ0) is 15.5. The first-order valence-corrected chi connectivity index (χ1v) is 8.37. The van der Waals surface area contributed by atoms with Crippen LogP contribution in [0.15, 0.2) is 12.2 Å². The highest BCUT2D eigenvalue weighted by atomic mass is 16.2. The van der Waals surface area contributed by atoms with E-state index in [4.69, 9.17) is 0 Å². The summed E-state index contributed by atoms with van der Waals surface area (Å²) >= 11 is 0. The van der Waals surface area contributed by atoms with Crippen molar-refractivity contribution in [3.05, 3.63) is 12.2 Å². The maximum absolute atomic E-state index is 11.4. The van der Waals surface area contributed by atoms with Gasteiger partial charge in [0.15, 0.2) is 0 Å². The lowest BCUT2D eigenvalue weighted by atomic mass is 10.1. The van der Waals surface area contributed by atoms with E-state index in [1.165, 1.54) is 62.0 Å². The first-order valence-electron chi connectivity index (χ1n) is 8.37. The van der Waals surface area contributed by atoms with Gasteiger partial charge < -0.3 is 4.90 Å². The molecule has 0 N–H and O–H groups in total. The number of nitrogens with zero attached hydrogens (tertiary/aromatic N) is 2. The van der Waals surface area contributed by atoms with Gasteiger partial charge in [-0.05, 0) is 33.0 Å². The van der Waals surface area contributed by atoms with E-state index in [1.54, 1.807) is 0 Å².